The van der Waals surface area contributed by atoms with Crippen LogP contribution in [0.2, 0.25) is 5.02 Å². The molecule has 9 heteroatoms. The SMILES string of the molecule is CC(=O)Nc1ccc(Nc2nccc(N(C)C3=COC(c4cccc(Cl)c4)O3)n2)cc1. The summed E-state index contributed by atoms with van der Waals surface area (Å²) in [5, 5.41) is 6.48. The number of hydrogen-bond donors (Lipinski definition) is 2. The van der Waals surface area contributed by atoms with Crippen LogP contribution in [0.25, 0.3) is 0 Å². The Morgan fingerprint density at radius 3 is 2.65 bits per heavy atom. The summed E-state index contributed by atoms with van der Waals surface area (Å²) in [6.45, 7) is 1.47. The molecule has 1 aliphatic rings. The third-order valence-corrected chi connectivity index (χ3v) is 4.65. The molecular weight excluding hydrogens is 418 g/mol. The number of anilines is 4. The van der Waals surface area contributed by atoms with Crippen molar-refractivity contribution in [3.05, 3.63) is 83.5 Å². The number of amides is 1. The van der Waals surface area contributed by atoms with Gasteiger partial charge in [0, 0.05) is 42.1 Å². The highest BCUT2D eigenvalue weighted by Crippen LogP contribution is 2.32. The topological polar surface area (TPSA) is 88.6 Å². The van der Waals surface area contributed by atoms with Gasteiger partial charge in [-0.1, -0.05) is 23.7 Å². The van der Waals surface area contributed by atoms with Crippen molar-refractivity contribution in [1.82, 2.24) is 9.97 Å². The van der Waals surface area contributed by atoms with Gasteiger partial charge in [0.05, 0.1) is 0 Å². The fourth-order valence-corrected chi connectivity index (χ4v) is 3.12. The third kappa shape index (κ3) is 5.04. The zero-order valence-electron chi connectivity index (χ0n) is 16.9. The number of aromatic nitrogens is 2. The monoisotopic (exact) mass is 437 g/mol. The van der Waals surface area contributed by atoms with Gasteiger partial charge in [-0.25, -0.2) is 4.98 Å². The van der Waals surface area contributed by atoms with E-state index in [0.717, 1.165) is 11.3 Å². The van der Waals surface area contributed by atoms with E-state index >= 15 is 0 Å². The summed E-state index contributed by atoms with van der Waals surface area (Å²) in [6.07, 6.45) is 2.62. The van der Waals surface area contributed by atoms with E-state index in [1.54, 1.807) is 47.7 Å². The first-order valence-electron chi connectivity index (χ1n) is 9.47. The molecule has 0 spiro atoms. The predicted molar refractivity (Wildman–Crippen MR) is 119 cm³/mol. The average molecular weight is 438 g/mol. The van der Waals surface area contributed by atoms with Gasteiger partial charge >= 0.3 is 0 Å². The summed E-state index contributed by atoms with van der Waals surface area (Å²) in [7, 11) is 1.82. The molecule has 3 aromatic rings. The summed E-state index contributed by atoms with van der Waals surface area (Å²) >= 11 is 6.05. The van der Waals surface area contributed by atoms with Gasteiger partial charge in [0.25, 0.3) is 6.29 Å². The molecule has 31 heavy (non-hydrogen) atoms. The van der Waals surface area contributed by atoms with Crippen molar-refractivity contribution in [3.63, 3.8) is 0 Å². The van der Waals surface area contributed by atoms with E-state index in [4.69, 9.17) is 21.1 Å². The Kier molecular flexibility index (Phi) is 5.90. The van der Waals surface area contributed by atoms with E-state index in [1.807, 2.05) is 31.3 Å². The highest BCUT2D eigenvalue weighted by molar-refractivity contribution is 6.30. The molecule has 0 bridgehead atoms. The molecule has 1 aliphatic heterocycles. The molecule has 1 unspecified atom stereocenters. The van der Waals surface area contributed by atoms with Crippen LogP contribution in [0.3, 0.4) is 0 Å². The Labute approximate surface area is 184 Å². The fourth-order valence-electron chi connectivity index (χ4n) is 2.92. The number of ether oxygens (including phenoxy) is 2. The van der Waals surface area contributed by atoms with Crippen LogP contribution in [0.5, 0.6) is 0 Å². The fraction of sp³-hybridized carbons (Fsp3) is 0.136. The average Bonchev–Trinajstić information content (AvgIpc) is 3.25. The number of rotatable bonds is 6. The van der Waals surface area contributed by atoms with Gasteiger partial charge in [-0.2, -0.15) is 4.98 Å². The number of halogens is 1. The normalized spacial score (nSPS) is 14.8. The third-order valence-electron chi connectivity index (χ3n) is 4.42. The summed E-state index contributed by atoms with van der Waals surface area (Å²) in [4.78, 5) is 21.7. The van der Waals surface area contributed by atoms with Gasteiger partial charge in [0.2, 0.25) is 17.7 Å². The van der Waals surface area contributed by atoms with Crippen molar-refractivity contribution in [3.8, 4) is 0 Å². The van der Waals surface area contributed by atoms with Gasteiger partial charge in [-0.05, 0) is 42.5 Å². The van der Waals surface area contributed by atoms with Crippen LogP contribution in [0.1, 0.15) is 18.8 Å². The van der Waals surface area contributed by atoms with Crippen LogP contribution in [-0.4, -0.2) is 22.9 Å². The maximum atomic E-state index is 11.1. The second kappa shape index (κ2) is 8.93. The standard InChI is InChI=1S/C22H20ClN5O3/c1-14(29)25-17-6-8-18(9-7-17)26-22-24-11-10-19(27-22)28(2)20-13-30-21(31-20)15-4-3-5-16(23)12-15/h3-13,21H,1-2H3,(H,25,29)(H,24,26,27). The second-order valence-corrected chi connectivity index (χ2v) is 7.21. The quantitative estimate of drug-likeness (QED) is 0.571. The van der Waals surface area contributed by atoms with E-state index in [-0.39, 0.29) is 5.91 Å². The summed E-state index contributed by atoms with van der Waals surface area (Å²) in [5.74, 6) is 1.43. The van der Waals surface area contributed by atoms with Gasteiger partial charge in [0.15, 0.2) is 0 Å². The summed E-state index contributed by atoms with van der Waals surface area (Å²) in [5.41, 5.74) is 2.32. The molecule has 0 aliphatic carbocycles. The molecular formula is C22H20ClN5O3. The Bertz CT molecular complexity index is 1120. The predicted octanol–water partition coefficient (Wildman–Crippen LogP) is 4.81. The minimum atomic E-state index is -0.572. The van der Waals surface area contributed by atoms with Crippen LogP contribution >= 0.6 is 11.6 Å². The molecule has 2 N–H and O–H groups in total. The lowest BCUT2D eigenvalue weighted by atomic mass is 10.2. The number of nitrogens with one attached hydrogen (secondary N) is 2. The van der Waals surface area contributed by atoms with Crippen LogP contribution in [0, 0.1) is 0 Å². The van der Waals surface area contributed by atoms with Crippen molar-refractivity contribution >= 4 is 40.6 Å². The molecule has 158 valence electrons. The lowest BCUT2D eigenvalue weighted by Crippen LogP contribution is -2.19. The highest BCUT2D eigenvalue weighted by Gasteiger charge is 2.25. The second-order valence-electron chi connectivity index (χ2n) is 6.78. The van der Waals surface area contributed by atoms with Gasteiger partial charge in [0.1, 0.15) is 12.1 Å². The number of benzene rings is 2. The number of hydrogen-bond acceptors (Lipinski definition) is 7. The molecule has 0 fully saturated rings. The minimum Gasteiger partial charge on any atom is -0.453 e. The molecule has 0 saturated heterocycles. The van der Waals surface area contributed by atoms with Gasteiger partial charge < -0.3 is 20.1 Å². The maximum absolute atomic E-state index is 11.1. The van der Waals surface area contributed by atoms with E-state index < -0.39 is 6.29 Å². The first kappa shape index (κ1) is 20.5. The lowest BCUT2D eigenvalue weighted by molar-refractivity contribution is -0.114. The Hall–Kier alpha value is -3.78. The molecule has 4 rings (SSSR count). The maximum Gasteiger partial charge on any atom is 0.268 e. The molecule has 2 heterocycles. The van der Waals surface area contributed by atoms with Crippen molar-refractivity contribution < 1.29 is 14.3 Å². The molecule has 8 nitrogen and oxygen atoms in total. The zero-order valence-corrected chi connectivity index (χ0v) is 17.6. The van der Waals surface area contributed by atoms with E-state index in [1.165, 1.54) is 6.92 Å². The lowest BCUT2D eigenvalue weighted by Gasteiger charge is -2.20. The smallest absolute Gasteiger partial charge is 0.268 e. The van der Waals surface area contributed by atoms with E-state index in [0.29, 0.717) is 28.4 Å². The largest absolute Gasteiger partial charge is 0.453 e. The first-order chi connectivity index (χ1) is 15.0. The first-order valence-corrected chi connectivity index (χ1v) is 9.85. The number of carbonyl (C=O) groups is 1. The van der Waals surface area contributed by atoms with Gasteiger partial charge in [-0.3, -0.25) is 9.69 Å². The van der Waals surface area contributed by atoms with Crippen molar-refractivity contribution in [2.75, 3.05) is 22.6 Å². The molecule has 1 atom stereocenters. The van der Waals surface area contributed by atoms with Gasteiger partial charge in [-0.15, -0.1) is 0 Å². The van der Waals surface area contributed by atoms with Crippen LogP contribution in [0.4, 0.5) is 23.1 Å². The van der Waals surface area contributed by atoms with Crippen molar-refractivity contribution in [1.29, 1.82) is 0 Å². The summed E-state index contributed by atoms with van der Waals surface area (Å²) in [6, 6.07) is 16.3. The van der Waals surface area contributed by atoms with Crippen LogP contribution in [0.15, 0.2) is 72.9 Å². The van der Waals surface area contributed by atoms with E-state index in [2.05, 4.69) is 20.6 Å². The molecule has 0 saturated carbocycles. The van der Waals surface area contributed by atoms with Crippen molar-refractivity contribution in [2.24, 2.45) is 0 Å². The van der Waals surface area contributed by atoms with Crippen LogP contribution < -0.4 is 15.5 Å². The van der Waals surface area contributed by atoms with Crippen LogP contribution in [-0.2, 0) is 14.3 Å². The molecule has 1 amide bonds. The number of carbonyl (C=O) groups excluding carboxylic acids is 1. The number of nitrogens with zero attached hydrogens (tertiary/aromatic N) is 3. The Morgan fingerprint density at radius 1 is 1.13 bits per heavy atom. The molecule has 2 aromatic carbocycles. The molecule has 1 aromatic heterocycles. The minimum absolute atomic E-state index is 0.121. The van der Waals surface area contributed by atoms with Crippen molar-refractivity contribution in [2.45, 2.75) is 13.2 Å². The zero-order chi connectivity index (χ0) is 21.8. The molecule has 0 radical (unpaired) electrons. The Morgan fingerprint density at radius 2 is 1.90 bits per heavy atom. The summed E-state index contributed by atoms with van der Waals surface area (Å²) < 4.78 is 11.6. The highest BCUT2D eigenvalue weighted by atomic mass is 35.5. The van der Waals surface area contributed by atoms with E-state index in [9.17, 15) is 4.79 Å². The Balaban J connectivity index is 1.42.